The van der Waals surface area contributed by atoms with Crippen molar-refractivity contribution in [3.63, 3.8) is 0 Å². The molecule has 3 aromatic rings. The molecule has 3 aromatic carbocycles. The van der Waals surface area contributed by atoms with Crippen LogP contribution in [0.5, 0.6) is 5.75 Å². The van der Waals surface area contributed by atoms with Crippen LogP contribution in [-0.2, 0) is 0 Å². The van der Waals surface area contributed by atoms with Crippen LogP contribution in [0.1, 0.15) is 0 Å². The standard InChI is InChI=1S/C18H14BO2/c20-19-21-16-10-6-9-15(13-16)18-12-5-4-11-17(18)14-7-2-1-3-8-14/h1-13,20H. The molecule has 1 radical (unpaired) electrons. The highest BCUT2D eigenvalue weighted by molar-refractivity contribution is 6.17. The maximum Gasteiger partial charge on any atom is 0.569 e. The van der Waals surface area contributed by atoms with E-state index in [4.69, 9.17) is 9.68 Å². The highest BCUT2D eigenvalue weighted by atomic mass is 16.5. The molecule has 2 nitrogen and oxygen atoms in total. The first kappa shape index (κ1) is 13.5. The third-order valence-corrected chi connectivity index (χ3v) is 3.35. The Balaban J connectivity index is 2.09. The fourth-order valence-corrected chi connectivity index (χ4v) is 2.40. The van der Waals surface area contributed by atoms with E-state index < -0.39 is 0 Å². The van der Waals surface area contributed by atoms with Gasteiger partial charge in [-0.2, -0.15) is 0 Å². The molecule has 0 fully saturated rings. The molecular formula is C18H14BO2. The molecule has 0 amide bonds. The summed E-state index contributed by atoms with van der Waals surface area (Å²) in [6, 6.07) is 26.2. The Labute approximate surface area is 125 Å². The fourth-order valence-electron chi connectivity index (χ4n) is 2.40. The zero-order valence-corrected chi connectivity index (χ0v) is 11.4. The van der Waals surface area contributed by atoms with E-state index in [2.05, 4.69) is 24.3 Å². The van der Waals surface area contributed by atoms with Crippen LogP contribution >= 0.6 is 0 Å². The topological polar surface area (TPSA) is 29.5 Å². The lowest BCUT2D eigenvalue weighted by molar-refractivity contribution is 0.454. The normalized spacial score (nSPS) is 10.1. The van der Waals surface area contributed by atoms with Gasteiger partial charge in [0.05, 0.1) is 0 Å². The van der Waals surface area contributed by atoms with Gasteiger partial charge in [-0.15, -0.1) is 0 Å². The van der Waals surface area contributed by atoms with Crippen LogP contribution in [0, 0.1) is 0 Å². The van der Waals surface area contributed by atoms with Crippen LogP contribution in [0.25, 0.3) is 22.3 Å². The molecular weight excluding hydrogens is 259 g/mol. The monoisotopic (exact) mass is 273 g/mol. The Morgan fingerprint density at radius 2 is 1.29 bits per heavy atom. The van der Waals surface area contributed by atoms with Crippen molar-refractivity contribution in [1.82, 2.24) is 0 Å². The van der Waals surface area contributed by atoms with Crippen molar-refractivity contribution in [2.24, 2.45) is 0 Å². The van der Waals surface area contributed by atoms with Crippen molar-refractivity contribution in [3.8, 4) is 28.0 Å². The van der Waals surface area contributed by atoms with Crippen LogP contribution in [0.4, 0.5) is 0 Å². The van der Waals surface area contributed by atoms with Gasteiger partial charge in [-0.25, -0.2) is 0 Å². The van der Waals surface area contributed by atoms with Gasteiger partial charge in [0.25, 0.3) is 0 Å². The second kappa shape index (κ2) is 6.29. The fraction of sp³-hybridized carbons (Fsp3) is 0. The van der Waals surface area contributed by atoms with Gasteiger partial charge < -0.3 is 9.68 Å². The Kier molecular flexibility index (Phi) is 4.03. The molecule has 0 bridgehead atoms. The highest BCUT2D eigenvalue weighted by Gasteiger charge is 2.07. The second-order valence-corrected chi connectivity index (χ2v) is 4.66. The Morgan fingerprint density at radius 3 is 2.00 bits per heavy atom. The Morgan fingerprint density at radius 1 is 0.667 bits per heavy atom. The van der Waals surface area contributed by atoms with E-state index in [1.54, 1.807) is 6.07 Å². The molecule has 21 heavy (non-hydrogen) atoms. The summed E-state index contributed by atoms with van der Waals surface area (Å²) < 4.78 is 5.04. The van der Waals surface area contributed by atoms with E-state index in [1.807, 2.05) is 48.5 Å². The van der Waals surface area contributed by atoms with Crippen LogP contribution in [0.2, 0.25) is 0 Å². The summed E-state index contributed by atoms with van der Waals surface area (Å²) in [7, 11) is 0.697. The molecule has 3 heteroatoms. The molecule has 0 saturated heterocycles. The van der Waals surface area contributed by atoms with E-state index in [-0.39, 0.29) is 0 Å². The minimum Gasteiger partial charge on any atom is -0.537 e. The van der Waals surface area contributed by atoms with Gasteiger partial charge in [0.2, 0.25) is 0 Å². The first-order chi connectivity index (χ1) is 10.4. The molecule has 0 aliphatic rings. The predicted octanol–water partition coefficient (Wildman–Crippen LogP) is 3.93. The van der Waals surface area contributed by atoms with E-state index in [9.17, 15) is 0 Å². The van der Waals surface area contributed by atoms with Gasteiger partial charge in [0.1, 0.15) is 5.75 Å². The van der Waals surface area contributed by atoms with Crippen LogP contribution in [-0.4, -0.2) is 12.7 Å². The average Bonchev–Trinajstić information content (AvgIpc) is 2.56. The summed E-state index contributed by atoms with van der Waals surface area (Å²) >= 11 is 0. The molecule has 0 spiro atoms. The van der Waals surface area contributed by atoms with Gasteiger partial charge in [0.15, 0.2) is 0 Å². The van der Waals surface area contributed by atoms with Crippen molar-refractivity contribution in [2.45, 2.75) is 0 Å². The first-order valence-corrected chi connectivity index (χ1v) is 6.76. The summed E-state index contributed by atoms with van der Waals surface area (Å²) in [5.74, 6) is 0.609. The highest BCUT2D eigenvalue weighted by Crippen LogP contribution is 2.33. The third kappa shape index (κ3) is 2.98. The Hall–Kier alpha value is -2.52. The van der Waals surface area contributed by atoms with Crippen molar-refractivity contribution in [1.29, 1.82) is 0 Å². The number of hydrogen-bond donors (Lipinski definition) is 1. The second-order valence-electron chi connectivity index (χ2n) is 4.66. The summed E-state index contributed by atoms with van der Waals surface area (Å²) in [4.78, 5) is 0. The number of benzene rings is 3. The zero-order chi connectivity index (χ0) is 14.5. The lowest BCUT2D eigenvalue weighted by Gasteiger charge is -2.11. The van der Waals surface area contributed by atoms with Gasteiger partial charge in [-0.05, 0) is 34.4 Å². The minimum absolute atomic E-state index is 0.609. The lowest BCUT2D eigenvalue weighted by Crippen LogP contribution is -1.99. The van der Waals surface area contributed by atoms with Crippen LogP contribution in [0.3, 0.4) is 0 Å². The molecule has 0 aromatic heterocycles. The number of hydrogen-bond acceptors (Lipinski definition) is 2. The molecule has 0 heterocycles. The molecule has 0 unspecified atom stereocenters. The molecule has 3 rings (SSSR count). The largest absolute Gasteiger partial charge is 0.569 e. The van der Waals surface area contributed by atoms with E-state index in [0.29, 0.717) is 13.4 Å². The smallest absolute Gasteiger partial charge is 0.537 e. The minimum atomic E-state index is 0.609. The SMILES string of the molecule is O[B]Oc1cccc(-c2ccccc2-c2ccccc2)c1. The summed E-state index contributed by atoms with van der Waals surface area (Å²) in [6.07, 6.45) is 0. The van der Waals surface area contributed by atoms with Crippen molar-refractivity contribution < 1.29 is 9.68 Å². The summed E-state index contributed by atoms with van der Waals surface area (Å²) in [5, 5.41) is 8.77. The van der Waals surface area contributed by atoms with Gasteiger partial charge >= 0.3 is 7.69 Å². The Bertz CT molecular complexity index is 726. The summed E-state index contributed by atoms with van der Waals surface area (Å²) in [6.45, 7) is 0. The third-order valence-electron chi connectivity index (χ3n) is 3.35. The molecule has 0 atom stereocenters. The van der Waals surface area contributed by atoms with Crippen molar-refractivity contribution in [3.05, 3.63) is 78.9 Å². The van der Waals surface area contributed by atoms with Crippen LogP contribution < -0.4 is 4.65 Å². The van der Waals surface area contributed by atoms with E-state index in [0.717, 1.165) is 11.1 Å². The van der Waals surface area contributed by atoms with E-state index in [1.165, 1.54) is 11.1 Å². The van der Waals surface area contributed by atoms with Gasteiger partial charge in [-0.3, -0.25) is 0 Å². The molecule has 0 aliphatic heterocycles. The molecule has 1 N–H and O–H groups in total. The predicted molar refractivity (Wildman–Crippen MR) is 85.9 cm³/mol. The lowest BCUT2D eigenvalue weighted by atomic mass is 9.94. The first-order valence-electron chi connectivity index (χ1n) is 6.76. The zero-order valence-electron chi connectivity index (χ0n) is 11.4. The molecule has 101 valence electrons. The quantitative estimate of drug-likeness (QED) is 0.730. The molecule has 0 aliphatic carbocycles. The average molecular weight is 273 g/mol. The molecule has 0 saturated carbocycles. The van der Waals surface area contributed by atoms with Gasteiger partial charge in [0, 0.05) is 0 Å². The van der Waals surface area contributed by atoms with E-state index >= 15 is 0 Å². The van der Waals surface area contributed by atoms with Crippen molar-refractivity contribution in [2.75, 3.05) is 0 Å². The van der Waals surface area contributed by atoms with Gasteiger partial charge in [-0.1, -0.05) is 66.7 Å². The maximum atomic E-state index is 8.77. The van der Waals surface area contributed by atoms with Crippen LogP contribution in [0.15, 0.2) is 78.9 Å². The maximum absolute atomic E-state index is 8.77. The summed E-state index contributed by atoms with van der Waals surface area (Å²) in [5.41, 5.74) is 4.53. The number of rotatable bonds is 4. The van der Waals surface area contributed by atoms with Crippen molar-refractivity contribution >= 4 is 7.69 Å².